The molecule has 0 radical (unpaired) electrons. The molecule has 3 amide bonds. The predicted octanol–water partition coefficient (Wildman–Crippen LogP) is 5.13. The van der Waals surface area contributed by atoms with Gasteiger partial charge < -0.3 is 15.1 Å². The van der Waals surface area contributed by atoms with E-state index in [1.165, 1.54) is 22.3 Å². The van der Waals surface area contributed by atoms with Crippen LogP contribution in [0.2, 0.25) is 10.0 Å². The first-order valence-electron chi connectivity index (χ1n) is 10.9. The number of carbonyl (C=O) groups is 3. The van der Waals surface area contributed by atoms with E-state index in [2.05, 4.69) is 10.3 Å². The number of nitrogens with zero attached hydrogens (tertiary/aromatic N) is 3. The first-order chi connectivity index (χ1) is 15.7. The van der Waals surface area contributed by atoms with Gasteiger partial charge in [0.1, 0.15) is 6.54 Å². The van der Waals surface area contributed by atoms with E-state index in [0.29, 0.717) is 21.4 Å². The molecule has 0 fully saturated rings. The Kier molecular flexibility index (Phi) is 10.6. The van der Waals surface area contributed by atoms with Crippen molar-refractivity contribution < 1.29 is 14.4 Å². The summed E-state index contributed by atoms with van der Waals surface area (Å²) in [5.41, 5.74) is 0.967. The minimum absolute atomic E-state index is 0.0279. The molecule has 1 heterocycles. The van der Waals surface area contributed by atoms with Gasteiger partial charge in [-0.25, -0.2) is 4.98 Å². The first kappa shape index (κ1) is 27.1. The van der Waals surface area contributed by atoms with Crippen LogP contribution < -0.4 is 5.32 Å². The average Bonchev–Trinajstić information content (AvgIpc) is 3.19. The number of amides is 3. The Bertz CT molecular complexity index is 974. The van der Waals surface area contributed by atoms with Crippen molar-refractivity contribution in [1.82, 2.24) is 14.8 Å². The largest absolute Gasteiger partial charge is 0.342 e. The Morgan fingerprint density at radius 3 is 2.33 bits per heavy atom. The molecule has 0 aliphatic carbocycles. The van der Waals surface area contributed by atoms with Crippen molar-refractivity contribution in [2.45, 2.75) is 53.0 Å². The Hall–Kier alpha value is -2.16. The van der Waals surface area contributed by atoms with Crippen LogP contribution in [0.4, 0.5) is 5.13 Å². The molecule has 1 aromatic heterocycles. The Morgan fingerprint density at radius 1 is 1.09 bits per heavy atom. The predicted molar refractivity (Wildman–Crippen MR) is 134 cm³/mol. The maximum atomic E-state index is 12.9. The second kappa shape index (κ2) is 12.9. The smallest absolute Gasteiger partial charge is 0.254 e. The third kappa shape index (κ3) is 7.98. The second-order valence-electron chi connectivity index (χ2n) is 7.91. The highest BCUT2D eigenvalue weighted by atomic mass is 35.5. The summed E-state index contributed by atoms with van der Waals surface area (Å²) in [5, 5.41) is 5.52. The van der Waals surface area contributed by atoms with E-state index >= 15 is 0 Å². The molecule has 1 aromatic carbocycles. The van der Waals surface area contributed by atoms with E-state index in [1.807, 2.05) is 32.6 Å². The molecule has 2 rings (SSSR count). The Morgan fingerprint density at radius 2 is 1.76 bits per heavy atom. The quantitative estimate of drug-likeness (QED) is 0.452. The third-order valence-electron chi connectivity index (χ3n) is 4.83. The van der Waals surface area contributed by atoms with Gasteiger partial charge in [-0.1, -0.05) is 37.0 Å². The molecule has 180 valence electrons. The lowest BCUT2D eigenvalue weighted by Gasteiger charge is -2.26. The number of halogens is 2. The number of nitrogens with one attached hydrogen (secondary N) is 1. The van der Waals surface area contributed by atoms with Crippen LogP contribution in [0, 0.1) is 0 Å². The van der Waals surface area contributed by atoms with Crippen molar-refractivity contribution in [2.24, 2.45) is 0 Å². The molecule has 7 nitrogen and oxygen atoms in total. The summed E-state index contributed by atoms with van der Waals surface area (Å²) >= 11 is 13.2. The van der Waals surface area contributed by atoms with Crippen LogP contribution in [0.1, 0.15) is 56.6 Å². The highest BCUT2D eigenvalue weighted by Crippen LogP contribution is 2.24. The van der Waals surface area contributed by atoms with Gasteiger partial charge >= 0.3 is 0 Å². The maximum absolute atomic E-state index is 12.9. The minimum atomic E-state index is -0.372. The van der Waals surface area contributed by atoms with Crippen molar-refractivity contribution in [1.29, 1.82) is 0 Å². The van der Waals surface area contributed by atoms with Crippen LogP contribution in [-0.2, 0) is 16.0 Å². The highest BCUT2D eigenvalue weighted by Gasteiger charge is 2.23. The third-order valence-corrected chi connectivity index (χ3v) is 6.38. The normalized spacial score (nSPS) is 10.9. The van der Waals surface area contributed by atoms with Gasteiger partial charge in [0, 0.05) is 30.1 Å². The molecule has 0 aliphatic heterocycles. The van der Waals surface area contributed by atoms with Crippen molar-refractivity contribution in [3.05, 3.63) is 44.9 Å². The second-order valence-corrected chi connectivity index (χ2v) is 9.58. The number of benzene rings is 1. The zero-order chi connectivity index (χ0) is 24.5. The number of hydrogen-bond acceptors (Lipinski definition) is 5. The summed E-state index contributed by atoms with van der Waals surface area (Å²) in [6.45, 7) is 9.03. The summed E-state index contributed by atoms with van der Waals surface area (Å²) in [6.07, 6.45) is 2.00. The molecule has 0 saturated carbocycles. The number of anilines is 1. The summed E-state index contributed by atoms with van der Waals surface area (Å²) in [5.74, 6) is -0.668. The lowest BCUT2D eigenvalue weighted by atomic mass is 10.1. The van der Waals surface area contributed by atoms with E-state index in [-0.39, 0.29) is 41.8 Å². The van der Waals surface area contributed by atoms with Gasteiger partial charge in [-0.15, -0.1) is 11.3 Å². The molecule has 0 atom stereocenters. The summed E-state index contributed by atoms with van der Waals surface area (Å²) in [6, 6.07) is 4.40. The van der Waals surface area contributed by atoms with Crippen LogP contribution in [0.3, 0.4) is 0 Å². The summed E-state index contributed by atoms with van der Waals surface area (Å²) < 4.78 is 0. The van der Waals surface area contributed by atoms with Crippen LogP contribution in [0.25, 0.3) is 0 Å². The molecular weight excluding hydrogens is 483 g/mol. The van der Waals surface area contributed by atoms with E-state index < -0.39 is 0 Å². The molecule has 1 N–H and O–H groups in total. The molecule has 10 heteroatoms. The monoisotopic (exact) mass is 512 g/mol. The van der Waals surface area contributed by atoms with Crippen LogP contribution in [-0.4, -0.2) is 58.2 Å². The molecule has 0 bridgehead atoms. The molecule has 2 aromatic rings. The molecule has 0 spiro atoms. The number of hydrogen-bond donors (Lipinski definition) is 1. The van der Waals surface area contributed by atoms with Crippen molar-refractivity contribution in [2.75, 3.05) is 25.0 Å². The molecule has 33 heavy (non-hydrogen) atoms. The SMILES string of the molecule is CCCN(CCC)C(=O)Cc1csc(NC(=O)CN(C(=O)c2ccc(Cl)c(Cl)c2)C(C)C)n1. The zero-order valence-electron chi connectivity index (χ0n) is 19.4. The fourth-order valence-electron chi connectivity index (χ4n) is 3.21. The molecule has 0 aliphatic rings. The number of aromatic nitrogens is 1. The van der Waals surface area contributed by atoms with Gasteiger partial charge in [-0.2, -0.15) is 0 Å². The lowest BCUT2D eigenvalue weighted by Crippen LogP contribution is -2.42. The van der Waals surface area contributed by atoms with Gasteiger partial charge in [-0.05, 0) is 44.9 Å². The van der Waals surface area contributed by atoms with Crippen molar-refractivity contribution in [3.63, 3.8) is 0 Å². The van der Waals surface area contributed by atoms with Gasteiger partial charge in [-0.3, -0.25) is 14.4 Å². The van der Waals surface area contributed by atoms with Crippen molar-refractivity contribution >= 4 is 57.4 Å². The summed E-state index contributed by atoms with van der Waals surface area (Å²) in [4.78, 5) is 45.8. The molecular formula is C23H30Cl2N4O3S. The van der Waals surface area contributed by atoms with Gasteiger partial charge in [0.05, 0.1) is 22.2 Å². The van der Waals surface area contributed by atoms with E-state index in [1.54, 1.807) is 17.5 Å². The van der Waals surface area contributed by atoms with Crippen LogP contribution >= 0.6 is 34.5 Å². The Labute approximate surface area is 209 Å². The number of thiazole rings is 1. The lowest BCUT2D eigenvalue weighted by molar-refractivity contribution is -0.130. The van der Waals surface area contributed by atoms with E-state index in [0.717, 1.165) is 25.9 Å². The first-order valence-corrected chi connectivity index (χ1v) is 12.6. The fourth-order valence-corrected chi connectivity index (χ4v) is 4.24. The maximum Gasteiger partial charge on any atom is 0.254 e. The van der Waals surface area contributed by atoms with Crippen LogP contribution in [0.5, 0.6) is 0 Å². The fraction of sp³-hybridized carbons (Fsp3) is 0.478. The minimum Gasteiger partial charge on any atom is -0.342 e. The van der Waals surface area contributed by atoms with Crippen LogP contribution in [0.15, 0.2) is 23.6 Å². The van der Waals surface area contributed by atoms with E-state index in [9.17, 15) is 14.4 Å². The summed E-state index contributed by atoms with van der Waals surface area (Å²) in [7, 11) is 0. The highest BCUT2D eigenvalue weighted by molar-refractivity contribution is 7.13. The number of rotatable bonds is 11. The van der Waals surface area contributed by atoms with E-state index in [4.69, 9.17) is 23.2 Å². The number of carbonyl (C=O) groups excluding carboxylic acids is 3. The van der Waals surface area contributed by atoms with Gasteiger partial charge in [0.25, 0.3) is 5.91 Å². The standard InChI is InChI=1S/C23H30Cl2N4O3S/c1-5-9-28(10-6-2)21(31)12-17-14-33-23(26-17)27-20(30)13-29(15(3)4)22(32)16-7-8-18(24)19(25)11-16/h7-8,11,14-15H,5-6,9-10,12-13H2,1-4H3,(H,26,27,30). The molecule has 0 saturated heterocycles. The van der Waals surface area contributed by atoms with Gasteiger partial charge in [0.15, 0.2) is 5.13 Å². The van der Waals surface area contributed by atoms with Crippen molar-refractivity contribution in [3.8, 4) is 0 Å². The topological polar surface area (TPSA) is 82.6 Å². The average molecular weight is 513 g/mol. The zero-order valence-corrected chi connectivity index (χ0v) is 21.7. The molecule has 0 unspecified atom stereocenters. The van der Waals surface area contributed by atoms with Gasteiger partial charge in [0.2, 0.25) is 11.8 Å². The Balaban J connectivity index is 2.01.